The molecule has 2 atom stereocenters. The van der Waals surface area contributed by atoms with E-state index in [0.29, 0.717) is 45.0 Å². The van der Waals surface area contributed by atoms with E-state index in [0.717, 1.165) is 16.5 Å². The zero-order valence-corrected chi connectivity index (χ0v) is 25.0. The molecule has 2 amide bonds. The Morgan fingerprint density at radius 2 is 1.98 bits per heavy atom. The van der Waals surface area contributed by atoms with Gasteiger partial charge in [0.1, 0.15) is 6.61 Å². The molecule has 2 aromatic heterocycles. The van der Waals surface area contributed by atoms with Crippen molar-refractivity contribution in [2.24, 2.45) is 4.99 Å². The number of hydrogen-bond acceptors (Lipinski definition) is 9. The molecule has 232 valence electrons. The summed E-state index contributed by atoms with van der Waals surface area (Å²) in [5, 5.41) is 17.0. The zero-order chi connectivity index (χ0) is 32.1. The standard InChI is InChI=1S/C34H29N5O7/c1-3-45-33(43)29-17(2)36-34(44)38-30(29)18-7-6-8-19(11-18)35-14-22-20-9-4-5-10-25(20)37-31-23(22)15-39-26(31)12-21-24(32(39)42)16-46-28(41)13-27(21)40/h4-12,14,27,30,40H,3,13,15-16H2,1-2H3,(H2,36,38,44). The van der Waals surface area contributed by atoms with Crippen LogP contribution >= 0.6 is 0 Å². The van der Waals surface area contributed by atoms with Crippen LogP contribution in [0.15, 0.2) is 75.7 Å². The molecule has 0 saturated heterocycles. The molecular weight excluding hydrogens is 590 g/mol. The topological polar surface area (TPSA) is 161 Å². The molecular formula is C34H29N5O7. The second-order valence-corrected chi connectivity index (χ2v) is 11.2. The van der Waals surface area contributed by atoms with E-state index in [1.807, 2.05) is 30.3 Å². The number of amides is 2. The smallest absolute Gasteiger partial charge is 0.338 e. The van der Waals surface area contributed by atoms with Gasteiger partial charge in [-0.3, -0.25) is 14.6 Å². The summed E-state index contributed by atoms with van der Waals surface area (Å²) in [6.45, 7) is 3.58. The lowest BCUT2D eigenvalue weighted by Gasteiger charge is -2.28. The Morgan fingerprint density at radius 1 is 1.15 bits per heavy atom. The van der Waals surface area contributed by atoms with Gasteiger partial charge in [-0.25, -0.2) is 14.6 Å². The maximum Gasteiger partial charge on any atom is 0.338 e. The van der Waals surface area contributed by atoms with Gasteiger partial charge in [-0.05, 0) is 49.2 Å². The van der Waals surface area contributed by atoms with Crippen LogP contribution in [0.25, 0.3) is 22.3 Å². The number of rotatable bonds is 5. The third-order valence-electron chi connectivity index (χ3n) is 8.44. The monoisotopic (exact) mass is 619 g/mol. The number of para-hydroxylation sites is 1. The van der Waals surface area contributed by atoms with Crippen molar-refractivity contribution in [3.05, 3.63) is 104 Å². The molecule has 4 aromatic rings. The van der Waals surface area contributed by atoms with Crippen molar-refractivity contribution in [2.75, 3.05) is 6.61 Å². The van der Waals surface area contributed by atoms with E-state index in [1.165, 1.54) is 0 Å². The lowest BCUT2D eigenvalue weighted by Crippen LogP contribution is -2.45. The number of benzene rings is 2. The fraction of sp³-hybridized carbons (Fsp3) is 0.235. The van der Waals surface area contributed by atoms with Gasteiger partial charge in [0.15, 0.2) is 0 Å². The van der Waals surface area contributed by atoms with Gasteiger partial charge in [-0.2, -0.15) is 0 Å². The second kappa shape index (κ2) is 11.4. The Balaban J connectivity index is 1.31. The molecule has 12 nitrogen and oxygen atoms in total. The predicted molar refractivity (Wildman–Crippen MR) is 167 cm³/mol. The van der Waals surface area contributed by atoms with Crippen LogP contribution in [-0.2, 0) is 32.2 Å². The van der Waals surface area contributed by atoms with Gasteiger partial charge in [-0.15, -0.1) is 0 Å². The highest BCUT2D eigenvalue weighted by Gasteiger charge is 2.33. The van der Waals surface area contributed by atoms with E-state index in [4.69, 9.17) is 19.5 Å². The minimum Gasteiger partial charge on any atom is -0.463 e. The summed E-state index contributed by atoms with van der Waals surface area (Å²) in [6, 6.07) is 15.4. The molecule has 2 unspecified atom stereocenters. The molecule has 0 radical (unpaired) electrons. The van der Waals surface area contributed by atoms with Crippen molar-refractivity contribution in [1.82, 2.24) is 20.2 Å². The van der Waals surface area contributed by atoms with Crippen molar-refractivity contribution in [2.45, 2.75) is 45.6 Å². The molecule has 3 N–H and O–H groups in total. The van der Waals surface area contributed by atoms with Crippen LogP contribution < -0.4 is 16.2 Å². The molecule has 0 saturated carbocycles. The van der Waals surface area contributed by atoms with Crippen molar-refractivity contribution in [3.8, 4) is 11.4 Å². The second-order valence-electron chi connectivity index (χ2n) is 11.2. The van der Waals surface area contributed by atoms with Gasteiger partial charge in [-0.1, -0.05) is 30.3 Å². The predicted octanol–water partition coefficient (Wildman–Crippen LogP) is 3.85. The van der Waals surface area contributed by atoms with Gasteiger partial charge in [0.25, 0.3) is 5.56 Å². The van der Waals surface area contributed by atoms with Gasteiger partial charge in [0.2, 0.25) is 0 Å². The Bertz CT molecular complexity index is 2100. The highest BCUT2D eigenvalue weighted by molar-refractivity contribution is 6.03. The SMILES string of the molecule is CCOC(=O)C1=C(C)NC(=O)NC1c1cccc(N=Cc2c3c(nc4ccccc24)-c2cc4c(c(=O)n2C3)COC(=O)CC4O)c1. The molecule has 46 heavy (non-hydrogen) atoms. The number of fused-ring (bicyclic) bond motifs is 5. The van der Waals surface area contributed by atoms with Crippen molar-refractivity contribution in [1.29, 1.82) is 0 Å². The number of cyclic esters (lactones) is 1. The number of urea groups is 1. The molecule has 7 rings (SSSR count). The number of esters is 2. The van der Waals surface area contributed by atoms with Crippen molar-refractivity contribution >= 4 is 40.8 Å². The third kappa shape index (κ3) is 4.92. The zero-order valence-electron chi connectivity index (χ0n) is 25.0. The third-order valence-corrected chi connectivity index (χ3v) is 8.44. The van der Waals surface area contributed by atoms with Crippen molar-refractivity contribution in [3.63, 3.8) is 0 Å². The van der Waals surface area contributed by atoms with E-state index in [1.54, 1.807) is 48.9 Å². The van der Waals surface area contributed by atoms with Gasteiger partial charge < -0.3 is 29.8 Å². The summed E-state index contributed by atoms with van der Waals surface area (Å²) in [4.78, 5) is 60.5. The average Bonchev–Trinajstić information content (AvgIpc) is 3.33. The number of aliphatic hydroxyl groups is 1. The maximum atomic E-state index is 13.6. The van der Waals surface area contributed by atoms with Crippen LogP contribution in [0, 0.1) is 0 Å². The molecule has 3 aliphatic heterocycles. The average molecular weight is 620 g/mol. The first-order chi connectivity index (χ1) is 22.2. The molecule has 3 aliphatic rings. The molecule has 0 spiro atoms. The summed E-state index contributed by atoms with van der Waals surface area (Å²) in [5.74, 6) is -1.09. The van der Waals surface area contributed by atoms with Crippen molar-refractivity contribution < 1.29 is 29.0 Å². The van der Waals surface area contributed by atoms with Gasteiger partial charge in [0, 0.05) is 28.4 Å². The fourth-order valence-corrected chi connectivity index (χ4v) is 6.28. The largest absolute Gasteiger partial charge is 0.463 e. The number of carbonyl (C=O) groups excluding carboxylic acids is 3. The minimum atomic E-state index is -1.16. The highest BCUT2D eigenvalue weighted by atomic mass is 16.5. The van der Waals surface area contributed by atoms with Crippen LogP contribution in [-0.4, -0.2) is 45.4 Å². The number of aromatic nitrogens is 2. The number of allylic oxidation sites excluding steroid dienone is 1. The lowest BCUT2D eigenvalue weighted by atomic mass is 9.95. The first-order valence-corrected chi connectivity index (χ1v) is 14.8. The summed E-state index contributed by atoms with van der Waals surface area (Å²) in [7, 11) is 0. The highest BCUT2D eigenvalue weighted by Crippen LogP contribution is 2.38. The number of nitrogens with one attached hydrogen (secondary N) is 2. The molecule has 12 heteroatoms. The fourth-order valence-electron chi connectivity index (χ4n) is 6.28. The van der Waals surface area contributed by atoms with E-state index < -0.39 is 30.1 Å². The quantitative estimate of drug-likeness (QED) is 0.198. The number of nitrogens with zero attached hydrogens (tertiary/aromatic N) is 3. The Hall–Kier alpha value is -5.62. The first-order valence-electron chi connectivity index (χ1n) is 14.8. The number of ether oxygens (including phenoxy) is 2. The number of carbonyl (C=O) groups is 3. The van der Waals surface area contributed by atoms with Crippen LogP contribution in [0.2, 0.25) is 0 Å². The summed E-state index contributed by atoms with van der Waals surface area (Å²) >= 11 is 0. The van der Waals surface area contributed by atoms with Crippen LogP contribution in [0.3, 0.4) is 0 Å². The number of aliphatic imine (C=N–C) groups is 1. The molecule has 5 heterocycles. The molecule has 0 fully saturated rings. The van der Waals surface area contributed by atoms with E-state index in [2.05, 4.69) is 10.6 Å². The number of aliphatic hydroxyl groups excluding tert-OH is 1. The Labute approximate surface area is 262 Å². The Kier molecular flexibility index (Phi) is 7.20. The van der Waals surface area contributed by atoms with Gasteiger partial charge >= 0.3 is 18.0 Å². The van der Waals surface area contributed by atoms with Gasteiger partial charge in [0.05, 0.1) is 65.4 Å². The summed E-state index contributed by atoms with van der Waals surface area (Å²) in [5.41, 5.74) is 5.62. The summed E-state index contributed by atoms with van der Waals surface area (Å²) < 4.78 is 12.0. The van der Waals surface area contributed by atoms with E-state index in [9.17, 15) is 24.3 Å². The molecule has 0 aliphatic carbocycles. The molecule has 2 aromatic carbocycles. The Morgan fingerprint density at radius 3 is 2.80 bits per heavy atom. The van der Waals surface area contributed by atoms with Crippen LogP contribution in [0.4, 0.5) is 10.5 Å². The van der Waals surface area contributed by atoms with Crippen LogP contribution in [0.5, 0.6) is 0 Å². The maximum absolute atomic E-state index is 13.6. The number of pyridine rings is 2. The van der Waals surface area contributed by atoms with Crippen LogP contribution in [0.1, 0.15) is 60.2 Å². The first kappa shape index (κ1) is 29.1. The van der Waals surface area contributed by atoms with E-state index >= 15 is 0 Å². The molecule has 0 bridgehead atoms. The normalized spacial score (nSPS) is 18.8. The van der Waals surface area contributed by atoms with E-state index in [-0.39, 0.29) is 37.3 Å². The lowest BCUT2D eigenvalue weighted by molar-refractivity contribution is -0.146. The number of hydrogen-bond donors (Lipinski definition) is 3. The minimum absolute atomic E-state index is 0.192. The summed E-state index contributed by atoms with van der Waals surface area (Å²) in [6.07, 6.45) is 0.339.